The van der Waals surface area contributed by atoms with E-state index in [1.165, 1.54) is 32.1 Å². The molecule has 110 valence electrons. The number of rotatable bonds is 3. The van der Waals surface area contributed by atoms with Crippen LogP contribution in [-0.2, 0) is 6.54 Å². The van der Waals surface area contributed by atoms with Gasteiger partial charge in [-0.05, 0) is 38.8 Å². The van der Waals surface area contributed by atoms with Crippen molar-refractivity contribution in [1.29, 1.82) is 0 Å². The van der Waals surface area contributed by atoms with Crippen molar-refractivity contribution in [2.45, 2.75) is 56.8 Å². The molecule has 1 aromatic carbocycles. The zero-order valence-electron chi connectivity index (χ0n) is 12.0. The Morgan fingerprint density at radius 1 is 1.30 bits per heavy atom. The fourth-order valence-electron chi connectivity index (χ4n) is 3.74. The van der Waals surface area contributed by atoms with E-state index < -0.39 is 0 Å². The fraction of sp³-hybridized carbons (Fsp3) is 0.625. The number of benzene rings is 1. The summed E-state index contributed by atoms with van der Waals surface area (Å²) >= 11 is 5.95. The normalized spacial score (nSPS) is 30.4. The maximum Gasteiger partial charge on any atom is 0.138 e. The van der Waals surface area contributed by atoms with Crippen LogP contribution >= 0.6 is 11.6 Å². The van der Waals surface area contributed by atoms with Crippen LogP contribution in [0.15, 0.2) is 18.2 Å². The summed E-state index contributed by atoms with van der Waals surface area (Å²) < 4.78 is 0. The molecular weight excluding hydrogens is 272 g/mol. The Labute approximate surface area is 125 Å². The molecule has 0 spiro atoms. The minimum Gasteiger partial charge on any atom is -0.506 e. The van der Waals surface area contributed by atoms with Gasteiger partial charge in [0.2, 0.25) is 0 Å². The summed E-state index contributed by atoms with van der Waals surface area (Å²) in [5.41, 5.74) is 0.890. The molecule has 2 atom stereocenters. The highest BCUT2D eigenvalue weighted by molar-refractivity contribution is 6.32. The second-order valence-corrected chi connectivity index (χ2v) is 6.61. The third-order valence-electron chi connectivity index (χ3n) is 4.99. The molecule has 2 bridgehead atoms. The standard InChI is InChI=1S/C16H23ClN2O/c1-19-13-5-3-6-14(19)9-12(8-13)18-10-11-4-2-7-15(17)16(11)20/h2,4,7,12-14,18,20H,3,5-6,8-10H2,1H3. The van der Waals surface area contributed by atoms with Crippen LogP contribution in [0.3, 0.4) is 0 Å². The quantitative estimate of drug-likeness (QED) is 0.899. The third kappa shape index (κ3) is 2.80. The molecule has 2 saturated heterocycles. The van der Waals surface area contributed by atoms with Gasteiger partial charge in [0, 0.05) is 30.2 Å². The maximum absolute atomic E-state index is 9.95. The van der Waals surface area contributed by atoms with Gasteiger partial charge in [0.15, 0.2) is 0 Å². The van der Waals surface area contributed by atoms with Crippen LogP contribution in [0.1, 0.15) is 37.7 Å². The van der Waals surface area contributed by atoms with E-state index in [0.717, 1.165) is 17.6 Å². The van der Waals surface area contributed by atoms with Gasteiger partial charge >= 0.3 is 0 Å². The number of para-hydroxylation sites is 1. The number of piperidine rings is 2. The van der Waals surface area contributed by atoms with Crippen LogP contribution in [0.2, 0.25) is 5.02 Å². The van der Waals surface area contributed by atoms with E-state index in [0.29, 0.717) is 17.6 Å². The molecule has 20 heavy (non-hydrogen) atoms. The summed E-state index contributed by atoms with van der Waals surface area (Å²) in [6.07, 6.45) is 6.46. The largest absolute Gasteiger partial charge is 0.506 e. The van der Waals surface area contributed by atoms with Gasteiger partial charge < -0.3 is 15.3 Å². The van der Waals surface area contributed by atoms with Gasteiger partial charge in [0.05, 0.1) is 5.02 Å². The zero-order chi connectivity index (χ0) is 14.1. The fourth-order valence-corrected chi connectivity index (χ4v) is 3.93. The molecule has 2 fully saturated rings. The van der Waals surface area contributed by atoms with Crippen molar-refractivity contribution in [2.75, 3.05) is 7.05 Å². The summed E-state index contributed by atoms with van der Waals surface area (Å²) in [5, 5.41) is 14.0. The zero-order valence-corrected chi connectivity index (χ0v) is 12.7. The molecule has 2 heterocycles. The summed E-state index contributed by atoms with van der Waals surface area (Å²) in [5.74, 6) is 0.217. The van der Waals surface area contributed by atoms with Crippen LogP contribution in [0, 0.1) is 0 Å². The van der Waals surface area contributed by atoms with Gasteiger partial charge in [-0.2, -0.15) is 0 Å². The van der Waals surface area contributed by atoms with Gasteiger partial charge in [0.25, 0.3) is 0 Å². The molecule has 0 aromatic heterocycles. The lowest BCUT2D eigenvalue weighted by Crippen LogP contribution is -2.54. The molecule has 2 aliphatic rings. The van der Waals surface area contributed by atoms with Crippen LogP contribution < -0.4 is 5.32 Å². The molecular formula is C16H23ClN2O. The SMILES string of the molecule is CN1C2CCCC1CC(NCc1cccc(Cl)c1O)C2. The average molecular weight is 295 g/mol. The first kappa shape index (κ1) is 14.2. The van der Waals surface area contributed by atoms with Gasteiger partial charge in [-0.25, -0.2) is 0 Å². The van der Waals surface area contributed by atoms with E-state index in [2.05, 4.69) is 17.3 Å². The van der Waals surface area contributed by atoms with Gasteiger partial charge in [-0.15, -0.1) is 0 Å². The van der Waals surface area contributed by atoms with Crippen molar-refractivity contribution in [3.63, 3.8) is 0 Å². The molecule has 0 amide bonds. The lowest BCUT2D eigenvalue weighted by atomic mass is 9.82. The molecule has 1 aromatic rings. The number of nitrogens with zero attached hydrogens (tertiary/aromatic N) is 1. The number of hydrogen-bond donors (Lipinski definition) is 2. The van der Waals surface area contributed by atoms with Crippen molar-refractivity contribution >= 4 is 11.6 Å². The van der Waals surface area contributed by atoms with E-state index in [1.54, 1.807) is 6.07 Å². The molecule has 3 nitrogen and oxygen atoms in total. The number of halogens is 1. The second kappa shape index (κ2) is 5.92. The Bertz CT molecular complexity index is 466. The third-order valence-corrected chi connectivity index (χ3v) is 5.30. The topological polar surface area (TPSA) is 35.5 Å². The van der Waals surface area contributed by atoms with E-state index in [-0.39, 0.29) is 5.75 Å². The summed E-state index contributed by atoms with van der Waals surface area (Å²) in [4.78, 5) is 2.57. The minimum absolute atomic E-state index is 0.217. The predicted octanol–water partition coefficient (Wildman–Crippen LogP) is 3.15. The Hall–Kier alpha value is -0.770. The van der Waals surface area contributed by atoms with Crippen LogP contribution in [0.5, 0.6) is 5.75 Å². The first-order valence-corrected chi connectivity index (χ1v) is 7.94. The van der Waals surface area contributed by atoms with Crippen molar-refractivity contribution in [3.05, 3.63) is 28.8 Å². The molecule has 2 N–H and O–H groups in total. The van der Waals surface area contributed by atoms with E-state index >= 15 is 0 Å². The first-order chi connectivity index (χ1) is 9.65. The van der Waals surface area contributed by atoms with E-state index in [4.69, 9.17) is 11.6 Å². The van der Waals surface area contributed by atoms with Crippen LogP contribution in [-0.4, -0.2) is 35.2 Å². The Balaban J connectivity index is 1.60. The van der Waals surface area contributed by atoms with Crippen molar-refractivity contribution in [3.8, 4) is 5.75 Å². The molecule has 3 rings (SSSR count). The van der Waals surface area contributed by atoms with Crippen molar-refractivity contribution in [1.82, 2.24) is 10.2 Å². The number of phenols is 1. The first-order valence-electron chi connectivity index (χ1n) is 7.57. The molecule has 0 aliphatic carbocycles. The van der Waals surface area contributed by atoms with Gasteiger partial charge in [0.1, 0.15) is 5.75 Å². The van der Waals surface area contributed by atoms with Crippen LogP contribution in [0.4, 0.5) is 0 Å². The van der Waals surface area contributed by atoms with E-state index in [9.17, 15) is 5.11 Å². The highest BCUT2D eigenvalue weighted by atomic mass is 35.5. The lowest BCUT2D eigenvalue weighted by Gasteiger charge is -2.47. The minimum atomic E-state index is 0.217. The molecule has 0 radical (unpaired) electrons. The second-order valence-electron chi connectivity index (χ2n) is 6.20. The molecule has 2 unspecified atom stereocenters. The van der Waals surface area contributed by atoms with Crippen molar-refractivity contribution < 1.29 is 5.11 Å². The molecule has 2 aliphatic heterocycles. The predicted molar refractivity (Wildman–Crippen MR) is 82.2 cm³/mol. The molecule has 4 heteroatoms. The number of hydrogen-bond acceptors (Lipinski definition) is 3. The smallest absolute Gasteiger partial charge is 0.138 e. The number of aromatic hydroxyl groups is 1. The van der Waals surface area contributed by atoms with Crippen molar-refractivity contribution in [2.24, 2.45) is 0 Å². The summed E-state index contributed by atoms with van der Waals surface area (Å²) in [6, 6.07) is 7.56. The number of phenolic OH excluding ortho intramolecular Hbond substituents is 1. The summed E-state index contributed by atoms with van der Waals surface area (Å²) in [7, 11) is 2.27. The monoisotopic (exact) mass is 294 g/mol. The highest BCUT2D eigenvalue weighted by Crippen LogP contribution is 2.33. The number of nitrogens with one attached hydrogen (secondary N) is 1. The lowest BCUT2D eigenvalue weighted by molar-refractivity contribution is 0.0482. The average Bonchev–Trinajstić information content (AvgIpc) is 2.41. The highest BCUT2D eigenvalue weighted by Gasteiger charge is 2.35. The maximum atomic E-state index is 9.95. The Morgan fingerprint density at radius 3 is 2.70 bits per heavy atom. The Morgan fingerprint density at radius 2 is 2.00 bits per heavy atom. The van der Waals surface area contributed by atoms with E-state index in [1.807, 2.05) is 12.1 Å². The Kier molecular flexibility index (Phi) is 4.20. The van der Waals surface area contributed by atoms with Gasteiger partial charge in [-0.1, -0.05) is 30.2 Å². The molecule has 0 saturated carbocycles. The van der Waals surface area contributed by atoms with Crippen LogP contribution in [0.25, 0.3) is 0 Å². The van der Waals surface area contributed by atoms with Gasteiger partial charge in [-0.3, -0.25) is 0 Å². The number of fused-ring (bicyclic) bond motifs is 2. The summed E-state index contributed by atoms with van der Waals surface area (Å²) in [6.45, 7) is 0.695.